The smallest absolute Gasteiger partial charge is 0.0724 e. The minimum absolute atomic E-state index is 0.662. The summed E-state index contributed by atoms with van der Waals surface area (Å²) < 4.78 is 1.76. The maximum Gasteiger partial charge on any atom is 0.0724 e. The topological polar surface area (TPSA) is 56.7 Å². The van der Waals surface area contributed by atoms with E-state index in [4.69, 9.17) is 5.73 Å². The molecule has 3 aromatic rings. The number of pyridine rings is 1. The number of rotatable bonds is 1. The van der Waals surface area contributed by atoms with Crippen LogP contribution < -0.4 is 5.73 Å². The Morgan fingerprint density at radius 2 is 2.00 bits per heavy atom. The summed E-state index contributed by atoms with van der Waals surface area (Å²) in [4.78, 5) is 4.08. The van der Waals surface area contributed by atoms with Gasteiger partial charge in [0.05, 0.1) is 23.8 Å². The lowest BCUT2D eigenvalue weighted by Gasteiger charge is -2.02. The van der Waals surface area contributed by atoms with E-state index in [1.807, 2.05) is 24.4 Å². The van der Waals surface area contributed by atoms with Crippen LogP contribution in [0.2, 0.25) is 0 Å². The van der Waals surface area contributed by atoms with Gasteiger partial charge in [-0.15, -0.1) is 0 Å². The first-order chi connectivity index (χ1) is 7.83. The number of nitrogen functional groups attached to an aromatic ring is 1. The van der Waals surface area contributed by atoms with E-state index in [0.717, 1.165) is 16.5 Å². The molecule has 0 saturated heterocycles. The molecule has 0 aliphatic carbocycles. The van der Waals surface area contributed by atoms with Crippen LogP contribution in [0.15, 0.2) is 49.1 Å². The van der Waals surface area contributed by atoms with Gasteiger partial charge in [0.15, 0.2) is 0 Å². The van der Waals surface area contributed by atoms with Crippen LogP contribution in [0.25, 0.3) is 16.5 Å². The van der Waals surface area contributed by atoms with Gasteiger partial charge in [0.25, 0.3) is 0 Å². The highest BCUT2D eigenvalue weighted by molar-refractivity contribution is 5.83. The summed E-state index contributed by atoms with van der Waals surface area (Å²) in [6, 6.07) is 8.06. The average molecular weight is 210 g/mol. The van der Waals surface area contributed by atoms with Crippen molar-refractivity contribution in [1.82, 2.24) is 14.8 Å². The Morgan fingerprint density at radius 1 is 1.06 bits per heavy atom. The van der Waals surface area contributed by atoms with Gasteiger partial charge < -0.3 is 5.73 Å². The zero-order chi connectivity index (χ0) is 11.0. The molecule has 1 aromatic carbocycles. The van der Waals surface area contributed by atoms with Crippen LogP contribution in [0.1, 0.15) is 0 Å². The summed E-state index contributed by atoms with van der Waals surface area (Å²) in [5, 5.41) is 6.43. The summed E-state index contributed by atoms with van der Waals surface area (Å²) in [5.74, 6) is 0. The summed E-state index contributed by atoms with van der Waals surface area (Å²) in [6.45, 7) is 0. The number of hydrogen-bond acceptors (Lipinski definition) is 3. The molecule has 0 fully saturated rings. The number of aromatic nitrogens is 3. The zero-order valence-corrected chi connectivity index (χ0v) is 8.54. The van der Waals surface area contributed by atoms with Gasteiger partial charge in [0.1, 0.15) is 0 Å². The average Bonchev–Trinajstić information content (AvgIpc) is 2.75. The Balaban J connectivity index is 2.18. The SMILES string of the molecule is Nc1cnn(-c2ccc3cnccc3c2)c1. The molecular formula is C12H10N4. The molecule has 0 aliphatic rings. The summed E-state index contributed by atoms with van der Waals surface area (Å²) >= 11 is 0. The van der Waals surface area contributed by atoms with Crippen molar-refractivity contribution >= 4 is 16.5 Å². The van der Waals surface area contributed by atoms with E-state index in [1.54, 1.807) is 23.3 Å². The molecule has 0 bridgehead atoms. The highest BCUT2D eigenvalue weighted by Crippen LogP contribution is 2.17. The zero-order valence-electron chi connectivity index (χ0n) is 8.54. The predicted octanol–water partition coefficient (Wildman–Crippen LogP) is 2.00. The van der Waals surface area contributed by atoms with E-state index < -0.39 is 0 Å². The molecule has 0 aliphatic heterocycles. The largest absolute Gasteiger partial charge is 0.396 e. The first-order valence-electron chi connectivity index (χ1n) is 4.97. The molecule has 0 amide bonds. The van der Waals surface area contributed by atoms with E-state index in [9.17, 15) is 0 Å². The first-order valence-corrected chi connectivity index (χ1v) is 4.97. The second-order valence-electron chi connectivity index (χ2n) is 3.63. The number of fused-ring (bicyclic) bond motifs is 1. The number of benzene rings is 1. The summed E-state index contributed by atoms with van der Waals surface area (Å²) in [5.41, 5.74) is 7.29. The highest BCUT2D eigenvalue weighted by Gasteiger charge is 2.00. The van der Waals surface area contributed by atoms with E-state index in [-0.39, 0.29) is 0 Å². The van der Waals surface area contributed by atoms with Gasteiger partial charge in [0.2, 0.25) is 0 Å². The van der Waals surface area contributed by atoms with Gasteiger partial charge >= 0.3 is 0 Å². The number of nitrogens with zero attached hydrogens (tertiary/aromatic N) is 3. The monoisotopic (exact) mass is 210 g/mol. The van der Waals surface area contributed by atoms with Crippen molar-refractivity contribution in [3.05, 3.63) is 49.1 Å². The molecule has 2 heterocycles. The van der Waals surface area contributed by atoms with Crippen molar-refractivity contribution in [2.75, 3.05) is 5.73 Å². The third-order valence-corrected chi connectivity index (χ3v) is 2.49. The molecule has 0 spiro atoms. The lowest BCUT2D eigenvalue weighted by atomic mass is 10.1. The minimum atomic E-state index is 0.662. The van der Waals surface area contributed by atoms with Gasteiger partial charge in [-0.1, -0.05) is 6.07 Å². The van der Waals surface area contributed by atoms with Gasteiger partial charge in [0, 0.05) is 17.8 Å². The summed E-state index contributed by atoms with van der Waals surface area (Å²) in [6.07, 6.45) is 7.05. The van der Waals surface area contributed by atoms with Crippen LogP contribution in [-0.4, -0.2) is 14.8 Å². The van der Waals surface area contributed by atoms with E-state index in [1.165, 1.54) is 0 Å². The van der Waals surface area contributed by atoms with Crippen LogP contribution >= 0.6 is 0 Å². The molecule has 0 radical (unpaired) electrons. The predicted molar refractivity (Wildman–Crippen MR) is 63.3 cm³/mol. The molecule has 2 aromatic heterocycles. The molecule has 2 N–H and O–H groups in total. The summed E-state index contributed by atoms with van der Waals surface area (Å²) in [7, 11) is 0. The lowest BCUT2D eigenvalue weighted by Crippen LogP contribution is -1.93. The third-order valence-electron chi connectivity index (χ3n) is 2.49. The molecule has 0 unspecified atom stereocenters. The Morgan fingerprint density at radius 3 is 2.81 bits per heavy atom. The molecule has 4 nitrogen and oxygen atoms in total. The van der Waals surface area contributed by atoms with Crippen LogP contribution in [0.5, 0.6) is 0 Å². The van der Waals surface area contributed by atoms with Crippen molar-refractivity contribution in [3.63, 3.8) is 0 Å². The maximum atomic E-state index is 5.64. The van der Waals surface area contributed by atoms with Crippen LogP contribution in [-0.2, 0) is 0 Å². The fourth-order valence-corrected chi connectivity index (χ4v) is 1.69. The van der Waals surface area contributed by atoms with Crippen LogP contribution in [0, 0.1) is 0 Å². The Hall–Kier alpha value is -2.36. The van der Waals surface area contributed by atoms with Gasteiger partial charge in [-0.05, 0) is 23.6 Å². The highest BCUT2D eigenvalue weighted by atomic mass is 15.3. The number of anilines is 1. The number of nitrogens with two attached hydrogens (primary N) is 1. The molecule has 3 rings (SSSR count). The second kappa shape index (κ2) is 3.34. The standard InChI is InChI=1S/C12H10N4/c13-11-7-15-16(8-11)12-2-1-10-6-14-4-3-9(10)5-12/h1-8H,13H2. The van der Waals surface area contributed by atoms with Gasteiger partial charge in [-0.3, -0.25) is 4.98 Å². The van der Waals surface area contributed by atoms with Crippen LogP contribution in [0.3, 0.4) is 0 Å². The van der Waals surface area contributed by atoms with Crippen molar-refractivity contribution < 1.29 is 0 Å². The molecule has 4 heteroatoms. The van der Waals surface area contributed by atoms with Gasteiger partial charge in [-0.25, -0.2) is 4.68 Å². The molecular weight excluding hydrogens is 200 g/mol. The quantitative estimate of drug-likeness (QED) is 0.668. The Bertz CT molecular complexity index is 642. The maximum absolute atomic E-state index is 5.64. The van der Waals surface area contributed by atoms with Crippen molar-refractivity contribution in [1.29, 1.82) is 0 Å². The van der Waals surface area contributed by atoms with Crippen molar-refractivity contribution in [3.8, 4) is 5.69 Å². The van der Waals surface area contributed by atoms with E-state index in [2.05, 4.69) is 16.1 Å². The molecule has 0 saturated carbocycles. The Labute approximate surface area is 92.3 Å². The fraction of sp³-hybridized carbons (Fsp3) is 0. The molecule has 0 atom stereocenters. The number of hydrogen-bond donors (Lipinski definition) is 1. The minimum Gasteiger partial charge on any atom is -0.396 e. The van der Waals surface area contributed by atoms with E-state index in [0.29, 0.717) is 5.69 Å². The first kappa shape index (κ1) is 8.91. The Kier molecular flexibility index (Phi) is 1.86. The molecule has 16 heavy (non-hydrogen) atoms. The van der Waals surface area contributed by atoms with Gasteiger partial charge in [-0.2, -0.15) is 5.10 Å². The van der Waals surface area contributed by atoms with Crippen molar-refractivity contribution in [2.24, 2.45) is 0 Å². The van der Waals surface area contributed by atoms with E-state index >= 15 is 0 Å². The van der Waals surface area contributed by atoms with Crippen molar-refractivity contribution in [2.45, 2.75) is 0 Å². The third kappa shape index (κ3) is 1.40. The normalized spacial score (nSPS) is 10.8. The fourth-order valence-electron chi connectivity index (χ4n) is 1.69. The van der Waals surface area contributed by atoms with Crippen LogP contribution in [0.4, 0.5) is 5.69 Å². The lowest BCUT2D eigenvalue weighted by molar-refractivity contribution is 0.882. The second-order valence-corrected chi connectivity index (χ2v) is 3.63. The molecule has 78 valence electrons.